The Morgan fingerprint density at radius 1 is 1.15 bits per heavy atom. The highest BCUT2D eigenvalue weighted by Crippen LogP contribution is 2.53. The first-order chi connectivity index (χ1) is 16.3. The largest absolute Gasteiger partial charge is 0.497 e. The first-order valence-corrected chi connectivity index (χ1v) is 10.9. The maximum absolute atomic E-state index is 14.2. The Morgan fingerprint density at radius 2 is 1.88 bits per heavy atom. The number of imide groups is 1. The molecule has 1 spiro atoms. The lowest BCUT2D eigenvalue weighted by Gasteiger charge is -2.29. The van der Waals surface area contributed by atoms with Gasteiger partial charge in [-0.15, -0.1) is 0 Å². The minimum absolute atomic E-state index is 0.0188. The van der Waals surface area contributed by atoms with Crippen molar-refractivity contribution in [2.45, 2.75) is 31.0 Å². The van der Waals surface area contributed by atoms with Crippen LogP contribution < -0.4 is 21.1 Å². The predicted molar refractivity (Wildman–Crippen MR) is 118 cm³/mol. The van der Waals surface area contributed by atoms with Crippen LogP contribution >= 0.6 is 0 Å². The standard InChI is InChI=1S/C24H23FN4O5/c1-34-14-5-2-12(3-6-14)11-29-21(31)19-17(8-9-18(26)30)28-24(20(19)22(29)32)15-10-13(25)4-7-16(15)27-23(24)33/h2-7,10,17,19-20,28H,8-9,11H2,1H3,(H2,26,30)(H,27,33)/t17?,19-,20+,24?/m0/s1. The topological polar surface area (TPSA) is 131 Å². The maximum Gasteiger partial charge on any atom is 0.250 e. The Hall–Kier alpha value is -3.79. The Balaban J connectivity index is 1.56. The van der Waals surface area contributed by atoms with Crippen LogP contribution in [0.15, 0.2) is 42.5 Å². The van der Waals surface area contributed by atoms with E-state index in [1.807, 2.05) is 0 Å². The van der Waals surface area contributed by atoms with Gasteiger partial charge < -0.3 is 15.8 Å². The zero-order valence-electron chi connectivity index (χ0n) is 18.3. The molecule has 0 saturated carbocycles. The number of nitrogens with two attached hydrogens (primary N) is 1. The van der Waals surface area contributed by atoms with E-state index in [-0.39, 0.29) is 24.9 Å². The summed E-state index contributed by atoms with van der Waals surface area (Å²) in [5.74, 6) is -3.97. The second-order valence-electron chi connectivity index (χ2n) is 8.82. The number of carbonyl (C=O) groups excluding carboxylic acids is 4. The Labute approximate surface area is 194 Å². The molecular weight excluding hydrogens is 443 g/mol. The number of carbonyl (C=O) groups is 4. The molecule has 4 atom stereocenters. The molecular formula is C24H23FN4O5. The highest BCUT2D eigenvalue weighted by Gasteiger charge is 2.70. The zero-order valence-corrected chi connectivity index (χ0v) is 18.3. The summed E-state index contributed by atoms with van der Waals surface area (Å²) in [4.78, 5) is 53.1. The molecule has 5 rings (SSSR count). The van der Waals surface area contributed by atoms with E-state index in [0.717, 1.165) is 4.90 Å². The summed E-state index contributed by atoms with van der Waals surface area (Å²) in [5.41, 5.74) is 5.07. The second-order valence-corrected chi connectivity index (χ2v) is 8.82. The monoisotopic (exact) mass is 466 g/mol. The number of halogens is 1. The van der Waals surface area contributed by atoms with Gasteiger partial charge in [0.15, 0.2) is 0 Å². The third-order valence-corrected chi connectivity index (χ3v) is 6.97. The molecule has 3 heterocycles. The zero-order chi connectivity index (χ0) is 24.2. The van der Waals surface area contributed by atoms with E-state index >= 15 is 0 Å². The molecule has 176 valence electrons. The van der Waals surface area contributed by atoms with Crippen molar-refractivity contribution >= 4 is 29.3 Å². The number of anilines is 1. The molecule has 4 amide bonds. The summed E-state index contributed by atoms with van der Waals surface area (Å²) >= 11 is 0. The van der Waals surface area contributed by atoms with E-state index in [9.17, 15) is 23.6 Å². The number of methoxy groups -OCH3 is 1. The van der Waals surface area contributed by atoms with E-state index in [4.69, 9.17) is 10.5 Å². The van der Waals surface area contributed by atoms with Gasteiger partial charge in [0, 0.05) is 23.7 Å². The minimum Gasteiger partial charge on any atom is -0.497 e. The first kappa shape index (κ1) is 22.0. The molecule has 4 N–H and O–H groups in total. The predicted octanol–water partition coefficient (Wildman–Crippen LogP) is 1.02. The molecule has 3 aliphatic heterocycles. The van der Waals surface area contributed by atoms with Crippen molar-refractivity contribution in [3.05, 3.63) is 59.4 Å². The summed E-state index contributed by atoms with van der Waals surface area (Å²) in [6.07, 6.45) is 0.125. The summed E-state index contributed by atoms with van der Waals surface area (Å²) in [6.45, 7) is 0.0188. The van der Waals surface area contributed by atoms with Crippen LogP contribution in [0.5, 0.6) is 5.75 Å². The quantitative estimate of drug-likeness (QED) is 0.545. The molecule has 2 aromatic carbocycles. The van der Waals surface area contributed by atoms with Crippen molar-refractivity contribution in [1.29, 1.82) is 0 Å². The van der Waals surface area contributed by atoms with Crippen LogP contribution in [0.25, 0.3) is 0 Å². The molecule has 9 nitrogen and oxygen atoms in total. The number of primary amides is 1. The number of ether oxygens (including phenoxy) is 1. The van der Waals surface area contributed by atoms with Crippen LogP contribution in [0, 0.1) is 17.7 Å². The number of fused-ring (bicyclic) bond motifs is 4. The number of hydrogen-bond acceptors (Lipinski definition) is 6. The van der Waals surface area contributed by atoms with Crippen LogP contribution in [0.1, 0.15) is 24.0 Å². The lowest BCUT2D eigenvalue weighted by atomic mass is 9.76. The van der Waals surface area contributed by atoms with Crippen molar-refractivity contribution in [2.24, 2.45) is 17.6 Å². The van der Waals surface area contributed by atoms with E-state index in [0.29, 0.717) is 17.0 Å². The molecule has 2 fully saturated rings. The van der Waals surface area contributed by atoms with Crippen molar-refractivity contribution in [3.8, 4) is 5.75 Å². The van der Waals surface area contributed by atoms with Gasteiger partial charge in [-0.3, -0.25) is 29.4 Å². The number of likely N-dealkylation sites (tertiary alicyclic amines) is 1. The van der Waals surface area contributed by atoms with Crippen LogP contribution in [-0.2, 0) is 31.3 Å². The Bertz CT molecular complexity index is 1220. The normalized spacial score (nSPS) is 27.2. The Morgan fingerprint density at radius 3 is 2.56 bits per heavy atom. The molecule has 0 aromatic heterocycles. The number of amides is 4. The van der Waals surface area contributed by atoms with Crippen molar-refractivity contribution < 1.29 is 28.3 Å². The van der Waals surface area contributed by atoms with E-state index in [2.05, 4.69) is 10.6 Å². The summed E-state index contributed by atoms with van der Waals surface area (Å²) in [7, 11) is 1.54. The van der Waals surface area contributed by atoms with Gasteiger partial charge in [0.1, 0.15) is 17.1 Å². The average molecular weight is 466 g/mol. The van der Waals surface area contributed by atoms with Gasteiger partial charge in [-0.1, -0.05) is 12.1 Å². The molecule has 2 unspecified atom stereocenters. The van der Waals surface area contributed by atoms with E-state index in [1.165, 1.54) is 25.3 Å². The third kappa shape index (κ3) is 3.17. The fourth-order valence-corrected chi connectivity index (χ4v) is 5.45. The van der Waals surface area contributed by atoms with Crippen LogP contribution in [0.4, 0.5) is 10.1 Å². The van der Waals surface area contributed by atoms with Gasteiger partial charge in [-0.25, -0.2) is 4.39 Å². The van der Waals surface area contributed by atoms with Crippen LogP contribution in [0.3, 0.4) is 0 Å². The summed E-state index contributed by atoms with van der Waals surface area (Å²) in [6, 6.07) is 10.1. The first-order valence-electron chi connectivity index (χ1n) is 10.9. The molecule has 2 saturated heterocycles. The number of nitrogens with zero attached hydrogens (tertiary/aromatic N) is 1. The van der Waals surface area contributed by atoms with Gasteiger partial charge in [-0.05, 0) is 42.3 Å². The second kappa shape index (κ2) is 7.91. The SMILES string of the molecule is COc1ccc(CN2C(=O)[C@H]3C(CCC(N)=O)NC4(C(=O)Nc5ccc(F)cc54)[C@H]3C2=O)cc1. The highest BCUT2D eigenvalue weighted by molar-refractivity contribution is 6.15. The van der Waals surface area contributed by atoms with E-state index in [1.54, 1.807) is 24.3 Å². The maximum atomic E-state index is 14.2. The molecule has 34 heavy (non-hydrogen) atoms. The fraction of sp³-hybridized carbons (Fsp3) is 0.333. The van der Waals surface area contributed by atoms with Gasteiger partial charge >= 0.3 is 0 Å². The summed E-state index contributed by atoms with van der Waals surface area (Å²) in [5, 5.41) is 5.86. The fourth-order valence-electron chi connectivity index (χ4n) is 5.45. The number of hydrogen-bond donors (Lipinski definition) is 3. The van der Waals surface area contributed by atoms with Gasteiger partial charge in [0.25, 0.3) is 0 Å². The number of rotatable bonds is 6. The van der Waals surface area contributed by atoms with Crippen molar-refractivity contribution in [2.75, 3.05) is 12.4 Å². The van der Waals surface area contributed by atoms with Gasteiger partial charge in [0.05, 0.1) is 25.5 Å². The molecule has 0 bridgehead atoms. The number of benzene rings is 2. The average Bonchev–Trinajstić information content (AvgIpc) is 3.39. The lowest BCUT2D eigenvalue weighted by molar-refractivity contribution is -0.143. The van der Waals surface area contributed by atoms with E-state index < -0.39 is 52.9 Å². The molecule has 0 aliphatic carbocycles. The molecule has 0 radical (unpaired) electrons. The minimum atomic E-state index is -1.62. The van der Waals surface area contributed by atoms with Crippen LogP contribution in [-0.4, -0.2) is 41.7 Å². The van der Waals surface area contributed by atoms with Gasteiger partial charge in [-0.2, -0.15) is 0 Å². The van der Waals surface area contributed by atoms with Crippen molar-refractivity contribution in [3.63, 3.8) is 0 Å². The molecule has 3 aliphatic rings. The van der Waals surface area contributed by atoms with Gasteiger partial charge in [0.2, 0.25) is 23.6 Å². The number of nitrogens with one attached hydrogen (secondary N) is 2. The lowest BCUT2D eigenvalue weighted by Crippen LogP contribution is -2.53. The molecule has 10 heteroatoms. The third-order valence-electron chi connectivity index (χ3n) is 6.97. The Kier molecular flexibility index (Phi) is 5.12. The smallest absolute Gasteiger partial charge is 0.250 e. The van der Waals surface area contributed by atoms with Crippen molar-refractivity contribution in [1.82, 2.24) is 10.2 Å². The highest BCUT2D eigenvalue weighted by atomic mass is 19.1. The molecule has 2 aromatic rings. The summed E-state index contributed by atoms with van der Waals surface area (Å²) < 4.78 is 19.4. The van der Waals surface area contributed by atoms with Crippen LogP contribution in [0.2, 0.25) is 0 Å².